The van der Waals surface area contributed by atoms with Gasteiger partial charge in [0.15, 0.2) is 6.73 Å². The Hall–Kier alpha value is -3.78. The molecule has 0 unspecified atom stereocenters. The molecule has 32 heavy (non-hydrogen) atoms. The van der Waals surface area contributed by atoms with Gasteiger partial charge in [-0.25, -0.2) is 4.79 Å². The largest absolute Gasteiger partial charge is 0.439 e. The van der Waals surface area contributed by atoms with Crippen LogP contribution >= 0.6 is 11.6 Å². The third-order valence-electron chi connectivity index (χ3n) is 5.06. The van der Waals surface area contributed by atoms with E-state index in [1.807, 2.05) is 42.8 Å². The summed E-state index contributed by atoms with van der Waals surface area (Å²) in [4.78, 5) is 24.6. The van der Waals surface area contributed by atoms with Crippen LogP contribution in [0.15, 0.2) is 59.4 Å². The van der Waals surface area contributed by atoms with Gasteiger partial charge in [0.05, 0.1) is 17.6 Å². The highest BCUT2D eigenvalue weighted by Crippen LogP contribution is 2.20. The van der Waals surface area contributed by atoms with Crippen molar-refractivity contribution in [2.75, 3.05) is 0 Å². The Balaban J connectivity index is 1.45. The average molecular weight is 450 g/mol. The van der Waals surface area contributed by atoms with Gasteiger partial charge in [-0.05, 0) is 43.7 Å². The normalized spacial score (nSPS) is 11.3. The number of aromatic nitrogens is 5. The van der Waals surface area contributed by atoms with Crippen molar-refractivity contribution < 1.29 is 9.53 Å². The first-order chi connectivity index (χ1) is 15.4. The number of ether oxygens (including phenoxy) is 1. The molecule has 162 valence electrons. The summed E-state index contributed by atoms with van der Waals surface area (Å²) < 4.78 is 8.01. The van der Waals surface area contributed by atoms with Crippen molar-refractivity contribution in [2.45, 2.75) is 27.1 Å². The lowest BCUT2D eigenvalue weighted by molar-refractivity contribution is -0.141. The molecule has 0 saturated carbocycles. The first-order valence-electron chi connectivity index (χ1n) is 9.89. The van der Waals surface area contributed by atoms with Crippen molar-refractivity contribution >= 4 is 34.5 Å². The van der Waals surface area contributed by atoms with Gasteiger partial charge in [-0.1, -0.05) is 47.1 Å². The summed E-state index contributed by atoms with van der Waals surface area (Å²) in [6, 6.07) is 14.4. The van der Waals surface area contributed by atoms with E-state index in [1.54, 1.807) is 30.3 Å². The van der Waals surface area contributed by atoms with E-state index in [2.05, 4.69) is 15.4 Å². The third kappa shape index (κ3) is 4.45. The molecule has 0 amide bonds. The number of nitrogens with zero attached hydrogens (tertiary/aromatic N) is 5. The molecular weight excluding hydrogens is 430 g/mol. The maximum atomic E-state index is 12.4. The predicted octanol–water partition coefficient (Wildman–Crippen LogP) is 3.52. The van der Waals surface area contributed by atoms with E-state index in [4.69, 9.17) is 16.3 Å². The molecule has 0 aliphatic carbocycles. The van der Waals surface area contributed by atoms with Crippen molar-refractivity contribution in [3.63, 3.8) is 0 Å². The Morgan fingerprint density at radius 3 is 2.66 bits per heavy atom. The average Bonchev–Trinajstić information content (AvgIpc) is 3.06. The molecule has 8 nitrogen and oxygen atoms in total. The molecule has 2 heterocycles. The summed E-state index contributed by atoms with van der Waals surface area (Å²) in [6.45, 7) is 3.98. The number of hydrogen-bond donors (Lipinski definition) is 0. The zero-order valence-corrected chi connectivity index (χ0v) is 18.3. The van der Waals surface area contributed by atoms with Gasteiger partial charge in [0.25, 0.3) is 5.56 Å². The minimum absolute atomic E-state index is 0.330. The van der Waals surface area contributed by atoms with Crippen molar-refractivity contribution in [3.05, 3.63) is 92.5 Å². The number of fused-ring (bicyclic) bond motifs is 1. The summed E-state index contributed by atoms with van der Waals surface area (Å²) in [6.07, 6.45) is 2.95. The summed E-state index contributed by atoms with van der Waals surface area (Å²) >= 11 is 6.25. The van der Waals surface area contributed by atoms with E-state index in [0.29, 0.717) is 22.5 Å². The lowest BCUT2D eigenvalue weighted by Gasteiger charge is -2.06. The van der Waals surface area contributed by atoms with Crippen LogP contribution in [0.25, 0.3) is 17.0 Å². The Bertz CT molecular complexity index is 1390. The van der Waals surface area contributed by atoms with E-state index in [9.17, 15) is 9.59 Å². The van der Waals surface area contributed by atoms with Gasteiger partial charge < -0.3 is 4.74 Å². The summed E-state index contributed by atoms with van der Waals surface area (Å²) in [7, 11) is 0. The minimum Gasteiger partial charge on any atom is -0.439 e. The molecule has 0 radical (unpaired) electrons. The molecule has 0 bridgehead atoms. The van der Waals surface area contributed by atoms with Gasteiger partial charge in [-0.3, -0.25) is 9.48 Å². The summed E-state index contributed by atoms with van der Waals surface area (Å²) in [5, 5.41) is 13.4. The summed E-state index contributed by atoms with van der Waals surface area (Å²) in [5.74, 6) is -0.607. The fourth-order valence-corrected chi connectivity index (χ4v) is 3.52. The number of aryl methyl sites for hydroxylation is 1. The Morgan fingerprint density at radius 2 is 1.84 bits per heavy atom. The van der Waals surface area contributed by atoms with Crippen LogP contribution < -0.4 is 5.56 Å². The van der Waals surface area contributed by atoms with E-state index in [0.717, 1.165) is 27.2 Å². The van der Waals surface area contributed by atoms with Crippen LogP contribution in [0.3, 0.4) is 0 Å². The number of carbonyl (C=O) groups excluding carboxylic acids is 1. The van der Waals surface area contributed by atoms with Crippen LogP contribution in [0, 0.1) is 13.8 Å². The highest BCUT2D eigenvalue weighted by atomic mass is 35.5. The lowest BCUT2D eigenvalue weighted by Crippen LogP contribution is -2.26. The number of halogens is 1. The second kappa shape index (κ2) is 9.15. The molecule has 2 aromatic carbocycles. The molecule has 0 N–H and O–H groups in total. The minimum atomic E-state index is -0.607. The first-order valence-corrected chi connectivity index (χ1v) is 10.3. The fourth-order valence-electron chi connectivity index (χ4n) is 3.33. The number of carbonyl (C=O) groups is 1. The van der Waals surface area contributed by atoms with Gasteiger partial charge in [0.2, 0.25) is 0 Å². The first kappa shape index (κ1) is 21.5. The molecular formula is C23H20ClN5O3. The predicted molar refractivity (Wildman–Crippen MR) is 121 cm³/mol. The Labute approximate surface area is 188 Å². The van der Waals surface area contributed by atoms with Gasteiger partial charge in [-0.15, -0.1) is 5.10 Å². The van der Waals surface area contributed by atoms with Crippen LogP contribution in [0.2, 0.25) is 5.02 Å². The topological polar surface area (TPSA) is 91.9 Å². The Morgan fingerprint density at radius 1 is 1.09 bits per heavy atom. The second-order valence-electron chi connectivity index (χ2n) is 7.17. The molecule has 2 aromatic heterocycles. The van der Waals surface area contributed by atoms with Crippen LogP contribution in [0.1, 0.15) is 22.5 Å². The van der Waals surface area contributed by atoms with Crippen LogP contribution in [-0.2, 0) is 22.8 Å². The van der Waals surface area contributed by atoms with Gasteiger partial charge >= 0.3 is 5.97 Å². The molecule has 4 aromatic rings. The number of esters is 1. The number of hydrogen-bond acceptors (Lipinski definition) is 6. The SMILES string of the molecule is Cc1nn(Cc2ccccc2Cl)c(C)c1C=CC(=O)OCn1nnc2ccccc2c1=O. The molecule has 0 aliphatic rings. The molecule has 0 atom stereocenters. The molecule has 0 aliphatic heterocycles. The molecule has 4 rings (SSSR count). The lowest BCUT2D eigenvalue weighted by atomic mass is 10.1. The standard InChI is InChI=1S/C23H20ClN5O3/c1-15-18(16(2)28(26-15)13-17-7-3-5-9-20(17)24)11-12-22(30)32-14-29-23(31)19-8-4-6-10-21(19)25-27-29/h3-12H,13-14H2,1-2H3. The maximum Gasteiger partial charge on any atom is 0.332 e. The molecule has 0 spiro atoms. The Kier molecular flexibility index (Phi) is 6.13. The van der Waals surface area contributed by atoms with Crippen molar-refractivity contribution in [2.24, 2.45) is 0 Å². The quantitative estimate of drug-likeness (QED) is 0.330. The zero-order valence-electron chi connectivity index (χ0n) is 17.5. The van der Waals surface area contributed by atoms with Gasteiger partial charge in [-0.2, -0.15) is 9.78 Å². The van der Waals surface area contributed by atoms with E-state index < -0.39 is 5.97 Å². The van der Waals surface area contributed by atoms with Crippen LogP contribution in [-0.4, -0.2) is 30.7 Å². The number of rotatable bonds is 6. The third-order valence-corrected chi connectivity index (χ3v) is 5.43. The molecule has 0 fully saturated rings. The number of benzene rings is 2. The fraction of sp³-hybridized carbons (Fsp3) is 0.174. The van der Waals surface area contributed by atoms with E-state index in [-0.39, 0.29) is 12.3 Å². The second-order valence-corrected chi connectivity index (χ2v) is 7.58. The highest BCUT2D eigenvalue weighted by Gasteiger charge is 2.12. The van der Waals surface area contributed by atoms with Crippen LogP contribution in [0.5, 0.6) is 0 Å². The summed E-state index contributed by atoms with van der Waals surface area (Å²) in [5.41, 5.74) is 3.55. The van der Waals surface area contributed by atoms with Crippen LogP contribution in [0.4, 0.5) is 0 Å². The van der Waals surface area contributed by atoms with Crippen molar-refractivity contribution in [1.29, 1.82) is 0 Å². The van der Waals surface area contributed by atoms with Crippen molar-refractivity contribution in [3.8, 4) is 0 Å². The van der Waals surface area contributed by atoms with E-state index >= 15 is 0 Å². The van der Waals surface area contributed by atoms with Gasteiger partial charge in [0, 0.05) is 22.4 Å². The smallest absolute Gasteiger partial charge is 0.332 e. The van der Waals surface area contributed by atoms with E-state index in [1.165, 1.54) is 6.08 Å². The monoisotopic (exact) mass is 449 g/mol. The van der Waals surface area contributed by atoms with Gasteiger partial charge in [0.1, 0.15) is 5.52 Å². The zero-order chi connectivity index (χ0) is 22.7. The molecule has 9 heteroatoms. The highest BCUT2D eigenvalue weighted by molar-refractivity contribution is 6.31. The molecule has 0 saturated heterocycles. The van der Waals surface area contributed by atoms with Crippen molar-refractivity contribution in [1.82, 2.24) is 24.8 Å². The maximum absolute atomic E-state index is 12.4.